The Labute approximate surface area is 129 Å². The van der Waals surface area contributed by atoms with Crippen molar-refractivity contribution in [2.24, 2.45) is 5.73 Å². The first kappa shape index (κ1) is 17.9. The van der Waals surface area contributed by atoms with Gasteiger partial charge in [0, 0.05) is 0 Å². The van der Waals surface area contributed by atoms with Crippen LogP contribution in [0, 0.1) is 0 Å². The summed E-state index contributed by atoms with van der Waals surface area (Å²) in [4.78, 5) is 22.6. The number of alkyl carbamates (subject to hydrolysis) is 1. The first-order chi connectivity index (χ1) is 10.5. The Morgan fingerprint density at radius 1 is 1.23 bits per heavy atom. The largest absolute Gasteiger partial charge is 0.479 e. The lowest BCUT2D eigenvalue weighted by atomic mass is 10.0. The van der Waals surface area contributed by atoms with Gasteiger partial charge < -0.3 is 26.0 Å². The number of hydrogen-bond acceptors (Lipinski definition) is 5. The van der Waals surface area contributed by atoms with Crippen LogP contribution in [0.3, 0.4) is 0 Å². The summed E-state index contributed by atoms with van der Waals surface area (Å²) in [7, 11) is 0. The molecule has 0 aliphatic heterocycles. The monoisotopic (exact) mass is 310 g/mol. The first-order valence-electron chi connectivity index (χ1n) is 7.12. The molecule has 0 saturated carbocycles. The predicted molar refractivity (Wildman–Crippen MR) is 80.1 cm³/mol. The number of hydrogen-bond donors (Lipinski definition) is 4. The van der Waals surface area contributed by atoms with E-state index in [4.69, 9.17) is 15.6 Å². The second-order valence-electron chi connectivity index (χ2n) is 4.88. The van der Waals surface area contributed by atoms with Crippen molar-refractivity contribution in [3.63, 3.8) is 0 Å². The summed E-state index contributed by atoms with van der Waals surface area (Å²) in [5.74, 6) is -1.39. The minimum Gasteiger partial charge on any atom is -0.479 e. The number of amides is 1. The van der Waals surface area contributed by atoms with Crippen molar-refractivity contribution in [3.8, 4) is 0 Å². The number of nitrogens with one attached hydrogen (secondary N) is 1. The Morgan fingerprint density at radius 2 is 1.91 bits per heavy atom. The molecule has 7 nitrogen and oxygen atoms in total. The van der Waals surface area contributed by atoms with E-state index in [2.05, 4.69) is 5.32 Å². The molecule has 22 heavy (non-hydrogen) atoms. The number of benzene rings is 1. The van der Waals surface area contributed by atoms with Gasteiger partial charge in [-0.15, -0.1) is 0 Å². The van der Waals surface area contributed by atoms with Crippen LogP contribution in [0.5, 0.6) is 0 Å². The fourth-order valence-corrected chi connectivity index (χ4v) is 1.91. The minimum atomic E-state index is -1.68. The normalized spacial score (nSPS) is 13.2. The van der Waals surface area contributed by atoms with E-state index in [1.54, 1.807) is 12.1 Å². The number of carboxylic acids is 1. The van der Waals surface area contributed by atoms with Crippen LogP contribution in [0.4, 0.5) is 4.79 Å². The molecule has 5 N–H and O–H groups in total. The van der Waals surface area contributed by atoms with Crippen LogP contribution in [0.15, 0.2) is 30.3 Å². The summed E-state index contributed by atoms with van der Waals surface area (Å²) in [5, 5.41) is 20.9. The highest BCUT2D eigenvalue weighted by molar-refractivity contribution is 5.75. The van der Waals surface area contributed by atoms with Gasteiger partial charge in [-0.1, -0.05) is 36.8 Å². The van der Waals surface area contributed by atoms with Crippen LogP contribution in [0.25, 0.3) is 0 Å². The van der Waals surface area contributed by atoms with Crippen molar-refractivity contribution >= 4 is 12.1 Å². The van der Waals surface area contributed by atoms with Crippen molar-refractivity contribution < 1.29 is 24.5 Å². The lowest BCUT2D eigenvalue weighted by Gasteiger charge is -2.21. The number of aliphatic hydroxyl groups excluding tert-OH is 1. The third kappa shape index (κ3) is 6.55. The summed E-state index contributed by atoms with van der Waals surface area (Å²) >= 11 is 0. The van der Waals surface area contributed by atoms with Crippen LogP contribution in [0.2, 0.25) is 0 Å². The molecule has 0 aliphatic rings. The number of aliphatic carboxylic acids is 1. The van der Waals surface area contributed by atoms with Crippen LogP contribution in [-0.4, -0.2) is 41.0 Å². The molecule has 1 aromatic carbocycles. The van der Waals surface area contributed by atoms with E-state index < -0.39 is 24.2 Å². The minimum absolute atomic E-state index is 0.0748. The number of aliphatic hydroxyl groups is 1. The highest BCUT2D eigenvalue weighted by atomic mass is 16.5. The first-order valence-corrected chi connectivity index (χ1v) is 7.12. The number of carboxylic acid groups (broad SMARTS) is 1. The molecule has 1 aromatic rings. The quantitative estimate of drug-likeness (QED) is 0.502. The van der Waals surface area contributed by atoms with Gasteiger partial charge in [-0.3, -0.25) is 0 Å². The second kappa shape index (κ2) is 9.75. The van der Waals surface area contributed by atoms with E-state index >= 15 is 0 Å². The molecule has 0 aromatic heterocycles. The summed E-state index contributed by atoms with van der Waals surface area (Å²) in [6, 6.07) is 8.18. The number of unbranched alkanes of at least 4 members (excludes halogenated alkanes) is 1. The average Bonchev–Trinajstić information content (AvgIpc) is 2.52. The number of carbonyl (C=O) groups excluding carboxylic acids is 1. The van der Waals surface area contributed by atoms with Gasteiger partial charge in [-0.2, -0.15) is 0 Å². The van der Waals surface area contributed by atoms with Gasteiger partial charge in [-0.25, -0.2) is 9.59 Å². The van der Waals surface area contributed by atoms with Gasteiger partial charge >= 0.3 is 12.1 Å². The van der Waals surface area contributed by atoms with Gasteiger partial charge in [0.05, 0.1) is 6.04 Å². The molecule has 1 amide bonds. The van der Waals surface area contributed by atoms with Crippen molar-refractivity contribution in [3.05, 3.63) is 35.9 Å². The Bertz CT molecular complexity index is 466. The lowest BCUT2D eigenvalue weighted by molar-refractivity contribution is -0.148. The zero-order valence-corrected chi connectivity index (χ0v) is 12.3. The van der Waals surface area contributed by atoms with Gasteiger partial charge in [-0.05, 0) is 24.9 Å². The summed E-state index contributed by atoms with van der Waals surface area (Å²) in [6.45, 7) is 0.541. The smallest absolute Gasteiger partial charge is 0.407 e. The topological polar surface area (TPSA) is 122 Å². The molecule has 0 unspecified atom stereocenters. The van der Waals surface area contributed by atoms with E-state index in [1.807, 2.05) is 18.2 Å². The van der Waals surface area contributed by atoms with Crippen molar-refractivity contribution in [1.82, 2.24) is 5.32 Å². The Morgan fingerprint density at radius 3 is 2.50 bits per heavy atom. The molecule has 0 fully saturated rings. The Balaban J connectivity index is 2.48. The number of nitrogens with two attached hydrogens (primary N) is 1. The van der Waals surface area contributed by atoms with E-state index in [9.17, 15) is 14.7 Å². The molecule has 2 atom stereocenters. The molecule has 0 spiro atoms. The van der Waals surface area contributed by atoms with Crippen molar-refractivity contribution in [2.45, 2.75) is 38.0 Å². The average molecular weight is 310 g/mol. The van der Waals surface area contributed by atoms with Crippen LogP contribution < -0.4 is 11.1 Å². The second-order valence-corrected chi connectivity index (χ2v) is 4.88. The van der Waals surface area contributed by atoms with Crippen LogP contribution in [-0.2, 0) is 16.1 Å². The molecular weight excluding hydrogens is 288 g/mol. The Kier molecular flexibility index (Phi) is 7.95. The maximum absolute atomic E-state index is 11.7. The van der Waals surface area contributed by atoms with Crippen LogP contribution in [0.1, 0.15) is 24.8 Å². The molecule has 7 heteroatoms. The molecule has 0 heterocycles. The molecule has 0 radical (unpaired) electrons. The molecule has 0 bridgehead atoms. The van der Waals surface area contributed by atoms with E-state index in [0.717, 1.165) is 5.56 Å². The van der Waals surface area contributed by atoms with Crippen molar-refractivity contribution in [1.29, 1.82) is 0 Å². The maximum atomic E-state index is 11.7. The standard InChI is InChI=1S/C15H22N2O5/c16-9-5-4-8-12(13(18)14(19)20)17-15(21)22-10-11-6-2-1-3-7-11/h1-3,6-7,12-13,18H,4-5,8-10,16H2,(H,17,21)(H,19,20)/t12-,13-/m0/s1. The molecule has 0 saturated heterocycles. The van der Waals surface area contributed by atoms with Crippen LogP contribution >= 0.6 is 0 Å². The molecule has 1 rings (SSSR count). The van der Waals surface area contributed by atoms with Gasteiger partial charge in [0.25, 0.3) is 0 Å². The lowest BCUT2D eigenvalue weighted by Crippen LogP contribution is -2.47. The van der Waals surface area contributed by atoms with E-state index in [-0.39, 0.29) is 6.61 Å². The Hall–Kier alpha value is -2.12. The molecular formula is C15H22N2O5. The fraction of sp³-hybridized carbons (Fsp3) is 0.467. The highest BCUT2D eigenvalue weighted by Crippen LogP contribution is 2.07. The highest BCUT2D eigenvalue weighted by Gasteiger charge is 2.27. The van der Waals surface area contributed by atoms with Gasteiger partial charge in [0.1, 0.15) is 6.61 Å². The summed E-state index contributed by atoms with van der Waals surface area (Å²) in [5.41, 5.74) is 6.19. The van der Waals surface area contributed by atoms with E-state index in [0.29, 0.717) is 25.8 Å². The van der Waals surface area contributed by atoms with Gasteiger partial charge in [0.2, 0.25) is 0 Å². The van der Waals surface area contributed by atoms with Crippen molar-refractivity contribution in [2.75, 3.05) is 6.54 Å². The zero-order valence-electron chi connectivity index (χ0n) is 12.3. The SMILES string of the molecule is NCCCC[C@H](NC(=O)OCc1ccccc1)[C@H](O)C(=O)O. The maximum Gasteiger partial charge on any atom is 0.407 e. The number of carbonyl (C=O) groups is 2. The third-order valence-corrected chi connectivity index (χ3v) is 3.12. The van der Waals surface area contributed by atoms with Gasteiger partial charge in [0.15, 0.2) is 6.10 Å². The molecule has 0 aliphatic carbocycles. The number of rotatable bonds is 9. The zero-order chi connectivity index (χ0) is 16.4. The predicted octanol–water partition coefficient (Wildman–Crippen LogP) is 0.856. The fourth-order valence-electron chi connectivity index (χ4n) is 1.91. The summed E-state index contributed by atoms with van der Waals surface area (Å²) < 4.78 is 5.02. The molecule has 122 valence electrons. The number of ether oxygens (including phenoxy) is 1. The summed E-state index contributed by atoms with van der Waals surface area (Å²) in [6.07, 6.45) is -0.844. The third-order valence-electron chi connectivity index (χ3n) is 3.12. The van der Waals surface area contributed by atoms with E-state index in [1.165, 1.54) is 0 Å².